The van der Waals surface area contributed by atoms with Crippen LogP contribution in [0.1, 0.15) is 23.2 Å². The normalized spacial score (nSPS) is 14.7. The summed E-state index contributed by atoms with van der Waals surface area (Å²) >= 11 is 0. The SMILES string of the molecule is O=C(c1ccc(-n2ccnn2)cc1)N1CCC(O)(Cn2cnc3c(cnn3-c3ccc(-c4ccccc4)cc3)c2=O)CC1. The molecule has 0 spiro atoms. The number of hydrogen-bond donors (Lipinski definition) is 1. The molecule has 0 unspecified atom stereocenters. The smallest absolute Gasteiger partial charge is 0.264 e. The van der Waals surface area contributed by atoms with Gasteiger partial charge in [0.25, 0.3) is 11.5 Å². The van der Waals surface area contributed by atoms with Crippen molar-refractivity contribution < 1.29 is 9.90 Å². The molecule has 0 bridgehead atoms. The Labute approximate surface area is 246 Å². The van der Waals surface area contributed by atoms with Crippen LogP contribution in [0.3, 0.4) is 0 Å². The van der Waals surface area contributed by atoms with E-state index in [-0.39, 0.29) is 18.0 Å². The van der Waals surface area contributed by atoms with Crippen LogP contribution in [0.2, 0.25) is 0 Å². The van der Waals surface area contributed by atoms with Crippen molar-refractivity contribution in [2.24, 2.45) is 0 Å². The number of likely N-dealkylation sites (tertiary alicyclic amines) is 1. The molecule has 1 aliphatic heterocycles. The first kappa shape index (κ1) is 26.5. The standard InChI is InChI=1S/C32H28N8O3/c41-30(25-8-10-26(11-9-25)39-19-16-34-36-39)37-17-14-32(43,15-18-37)21-38-22-33-29-28(31(38)42)20-35-40(29)27-12-6-24(7-13-27)23-4-2-1-3-5-23/h1-13,16,19-20,22,43H,14-15,17-18,21H2. The van der Waals surface area contributed by atoms with E-state index in [2.05, 4.69) is 32.5 Å². The lowest BCUT2D eigenvalue weighted by molar-refractivity contribution is -0.0299. The molecular weight excluding hydrogens is 544 g/mol. The van der Waals surface area contributed by atoms with Gasteiger partial charge in [0.15, 0.2) is 5.65 Å². The molecule has 11 nitrogen and oxygen atoms in total. The summed E-state index contributed by atoms with van der Waals surface area (Å²) in [6.45, 7) is 0.837. The summed E-state index contributed by atoms with van der Waals surface area (Å²) in [7, 11) is 0. The zero-order chi connectivity index (χ0) is 29.4. The van der Waals surface area contributed by atoms with E-state index in [1.807, 2.05) is 54.6 Å². The van der Waals surface area contributed by atoms with E-state index < -0.39 is 5.60 Å². The Kier molecular flexibility index (Phi) is 6.63. The van der Waals surface area contributed by atoms with Gasteiger partial charge in [-0.3, -0.25) is 14.2 Å². The van der Waals surface area contributed by atoms with Crippen molar-refractivity contribution in [2.45, 2.75) is 25.0 Å². The maximum absolute atomic E-state index is 13.4. The minimum Gasteiger partial charge on any atom is -0.388 e. The van der Waals surface area contributed by atoms with Crippen LogP contribution >= 0.6 is 0 Å². The second-order valence-corrected chi connectivity index (χ2v) is 10.8. The lowest BCUT2D eigenvalue weighted by atomic mass is 9.91. The van der Waals surface area contributed by atoms with Crippen LogP contribution in [-0.4, -0.2) is 68.9 Å². The van der Waals surface area contributed by atoms with Crippen LogP contribution < -0.4 is 5.56 Å². The Balaban J connectivity index is 1.03. The zero-order valence-electron chi connectivity index (χ0n) is 23.2. The fraction of sp³-hybridized carbons (Fsp3) is 0.188. The molecule has 0 radical (unpaired) electrons. The minimum atomic E-state index is -1.14. The van der Waals surface area contributed by atoms with Crippen molar-refractivity contribution in [3.63, 3.8) is 0 Å². The average Bonchev–Trinajstić information content (AvgIpc) is 3.75. The molecule has 1 aliphatic rings. The van der Waals surface area contributed by atoms with Gasteiger partial charge in [-0.25, -0.2) is 14.3 Å². The molecule has 7 rings (SSSR count). The Bertz CT molecular complexity index is 1940. The molecule has 4 heterocycles. The number of nitrogens with zero attached hydrogens (tertiary/aromatic N) is 8. The van der Waals surface area contributed by atoms with E-state index in [0.717, 1.165) is 22.5 Å². The Morgan fingerprint density at radius 2 is 1.58 bits per heavy atom. The van der Waals surface area contributed by atoms with Crippen molar-refractivity contribution in [1.29, 1.82) is 0 Å². The van der Waals surface area contributed by atoms with Crippen LogP contribution in [0, 0.1) is 0 Å². The number of benzene rings is 3. The Hall–Kier alpha value is -5.42. The van der Waals surface area contributed by atoms with Crippen molar-refractivity contribution in [2.75, 3.05) is 13.1 Å². The lowest BCUT2D eigenvalue weighted by Crippen LogP contribution is -2.49. The van der Waals surface area contributed by atoms with Crippen LogP contribution in [0.25, 0.3) is 33.5 Å². The second kappa shape index (κ2) is 10.8. The quantitative estimate of drug-likeness (QED) is 0.324. The molecule has 11 heteroatoms. The number of hydrogen-bond acceptors (Lipinski definition) is 7. The first-order valence-corrected chi connectivity index (χ1v) is 14.0. The lowest BCUT2D eigenvalue weighted by Gasteiger charge is -2.38. The average molecular weight is 573 g/mol. The number of amides is 1. The second-order valence-electron chi connectivity index (χ2n) is 10.8. The number of rotatable bonds is 6. The van der Waals surface area contributed by atoms with Crippen molar-refractivity contribution >= 4 is 16.9 Å². The Morgan fingerprint density at radius 3 is 2.28 bits per heavy atom. The van der Waals surface area contributed by atoms with Crippen molar-refractivity contribution in [3.05, 3.63) is 120 Å². The summed E-state index contributed by atoms with van der Waals surface area (Å²) in [5.74, 6) is -0.100. The first-order valence-electron chi connectivity index (χ1n) is 14.0. The highest BCUT2D eigenvalue weighted by Crippen LogP contribution is 2.26. The van der Waals surface area contributed by atoms with Gasteiger partial charge in [-0.2, -0.15) is 5.10 Å². The van der Waals surface area contributed by atoms with Crippen molar-refractivity contribution in [3.8, 4) is 22.5 Å². The highest BCUT2D eigenvalue weighted by atomic mass is 16.3. The van der Waals surface area contributed by atoms with E-state index in [4.69, 9.17) is 0 Å². The number of fused-ring (bicyclic) bond motifs is 1. The molecule has 1 amide bonds. The molecular formula is C32H28N8O3. The molecule has 0 atom stereocenters. The highest BCUT2D eigenvalue weighted by molar-refractivity contribution is 5.94. The van der Waals surface area contributed by atoms with Gasteiger partial charge in [0.1, 0.15) is 11.7 Å². The number of piperidine rings is 1. The third-order valence-corrected chi connectivity index (χ3v) is 8.02. The summed E-state index contributed by atoms with van der Waals surface area (Å²) in [4.78, 5) is 32.8. The predicted octanol–water partition coefficient (Wildman–Crippen LogP) is 3.50. The molecule has 43 heavy (non-hydrogen) atoms. The molecule has 214 valence electrons. The van der Waals surface area contributed by atoms with E-state index >= 15 is 0 Å². The number of carbonyl (C=O) groups is 1. The fourth-order valence-corrected chi connectivity index (χ4v) is 5.56. The van der Waals surface area contributed by atoms with Crippen LogP contribution in [0.15, 0.2) is 109 Å². The number of aliphatic hydroxyl groups is 1. The topological polar surface area (TPSA) is 124 Å². The summed E-state index contributed by atoms with van der Waals surface area (Å²) in [6, 6.07) is 25.2. The van der Waals surface area contributed by atoms with Gasteiger partial charge < -0.3 is 10.0 Å². The zero-order valence-corrected chi connectivity index (χ0v) is 23.2. The molecule has 1 N–H and O–H groups in total. The monoisotopic (exact) mass is 572 g/mol. The van der Waals surface area contributed by atoms with Gasteiger partial charge in [0.05, 0.1) is 42.1 Å². The summed E-state index contributed by atoms with van der Waals surface area (Å²) < 4.78 is 4.71. The summed E-state index contributed by atoms with van der Waals surface area (Å²) in [5, 5.41) is 24.0. The van der Waals surface area contributed by atoms with E-state index in [1.54, 1.807) is 38.8 Å². The third-order valence-electron chi connectivity index (χ3n) is 8.02. The molecule has 6 aromatic rings. The molecule has 0 saturated carbocycles. The fourth-order valence-electron chi connectivity index (χ4n) is 5.56. The largest absolute Gasteiger partial charge is 0.388 e. The van der Waals surface area contributed by atoms with Crippen LogP contribution in [0.5, 0.6) is 0 Å². The van der Waals surface area contributed by atoms with Gasteiger partial charge in [-0.1, -0.05) is 47.7 Å². The van der Waals surface area contributed by atoms with Crippen molar-refractivity contribution in [1.82, 2.24) is 39.2 Å². The van der Waals surface area contributed by atoms with E-state index in [9.17, 15) is 14.7 Å². The molecule has 0 aliphatic carbocycles. The maximum atomic E-state index is 13.4. The van der Waals surface area contributed by atoms with E-state index in [0.29, 0.717) is 42.5 Å². The summed E-state index contributed by atoms with van der Waals surface area (Å²) in [6.07, 6.45) is 6.99. The molecule has 3 aromatic carbocycles. The highest BCUT2D eigenvalue weighted by Gasteiger charge is 2.35. The number of aromatic nitrogens is 7. The van der Waals surface area contributed by atoms with Gasteiger partial charge >= 0.3 is 0 Å². The third kappa shape index (κ3) is 5.10. The van der Waals surface area contributed by atoms with Crippen LogP contribution in [0.4, 0.5) is 0 Å². The molecule has 1 saturated heterocycles. The molecule has 3 aromatic heterocycles. The molecule has 1 fully saturated rings. The first-order chi connectivity index (χ1) is 21.0. The number of carbonyl (C=O) groups excluding carboxylic acids is 1. The van der Waals surface area contributed by atoms with Gasteiger partial charge in [0.2, 0.25) is 0 Å². The van der Waals surface area contributed by atoms with Gasteiger partial charge in [0, 0.05) is 18.7 Å². The van der Waals surface area contributed by atoms with E-state index in [1.165, 1.54) is 17.1 Å². The van der Waals surface area contributed by atoms with Gasteiger partial charge in [-0.05, 0) is 60.4 Å². The minimum absolute atomic E-state index is 0.0837. The predicted molar refractivity (Wildman–Crippen MR) is 160 cm³/mol. The van der Waals surface area contributed by atoms with Gasteiger partial charge in [-0.15, -0.1) is 5.10 Å². The maximum Gasteiger partial charge on any atom is 0.264 e. The van der Waals surface area contributed by atoms with Crippen LogP contribution in [-0.2, 0) is 6.54 Å². The summed E-state index contributed by atoms with van der Waals surface area (Å²) in [5.41, 5.74) is 3.41. The Morgan fingerprint density at radius 1 is 0.884 bits per heavy atom.